The zero-order chi connectivity index (χ0) is 29.6. The average molecular weight is 583 g/mol. The minimum atomic E-state index is -4.53. The number of para-hydroxylation sites is 1. The van der Waals surface area contributed by atoms with Crippen molar-refractivity contribution in [1.82, 2.24) is 14.7 Å². The fraction of sp³-hybridized carbons (Fsp3) is 0.433. The number of ether oxygens (including phenoxy) is 1. The molecule has 11 heteroatoms. The molecule has 41 heavy (non-hydrogen) atoms. The van der Waals surface area contributed by atoms with Crippen molar-refractivity contribution >= 4 is 22.2 Å². The Hall–Kier alpha value is -3.70. The van der Waals surface area contributed by atoms with Crippen LogP contribution in [0.25, 0.3) is 0 Å². The number of nitrogens with one attached hydrogen (secondary N) is 1. The molecular weight excluding hydrogens is 544 g/mol. The van der Waals surface area contributed by atoms with Gasteiger partial charge in [-0.15, -0.1) is 0 Å². The van der Waals surface area contributed by atoms with Crippen molar-refractivity contribution in [3.8, 4) is 11.5 Å². The van der Waals surface area contributed by atoms with Crippen LogP contribution in [0.5, 0.6) is 11.5 Å². The first-order valence-corrected chi connectivity index (χ1v) is 15.2. The molecule has 220 valence electrons. The fourth-order valence-electron chi connectivity index (χ4n) is 5.16. The second-order valence-electron chi connectivity index (χ2n) is 10.8. The molecule has 0 saturated carbocycles. The Labute approximate surface area is 242 Å². The van der Waals surface area contributed by atoms with E-state index in [4.69, 9.17) is 8.92 Å². The number of benzene rings is 2. The molecule has 0 atom stereocenters. The first kappa shape index (κ1) is 30.3. The maximum atomic E-state index is 14.0. The second-order valence-corrected chi connectivity index (χ2v) is 12.0. The molecule has 2 aromatic carbocycles. The number of hydrogen-bond acceptors (Lipinski definition) is 9. The van der Waals surface area contributed by atoms with Gasteiger partial charge in [0.1, 0.15) is 12.4 Å². The standard InChI is InChI=1S/C30H38N4O6S/c1-21(2)25-10-6-11-26(22(3)4)27(25)40-41(37,38)33-28(36)30(23-8-5-9-24(20-23)39-19-18-35)12-16-34(17-13-30)29-31-14-7-15-32-29/h5-11,14-15,20-22,35H,12-13,16-19H2,1-4H3,(H,33,36). The topological polar surface area (TPSA) is 131 Å². The Morgan fingerprint density at radius 2 is 1.61 bits per heavy atom. The summed E-state index contributed by atoms with van der Waals surface area (Å²) >= 11 is 0. The van der Waals surface area contributed by atoms with E-state index in [2.05, 4.69) is 14.7 Å². The van der Waals surface area contributed by atoms with Gasteiger partial charge in [0.2, 0.25) is 11.9 Å². The normalized spacial score (nSPS) is 15.1. The van der Waals surface area contributed by atoms with E-state index in [1.54, 1.807) is 42.7 Å². The van der Waals surface area contributed by atoms with Crippen molar-refractivity contribution in [3.05, 3.63) is 77.6 Å². The number of piperidine rings is 1. The molecule has 0 unspecified atom stereocenters. The van der Waals surface area contributed by atoms with Gasteiger partial charge in [-0.2, -0.15) is 8.42 Å². The van der Waals surface area contributed by atoms with E-state index in [9.17, 15) is 18.3 Å². The third-order valence-corrected chi connectivity index (χ3v) is 8.19. The molecule has 1 aliphatic heterocycles. The van der Waals surface area contributed by atoms with E-state index in [1.807, 2.05) is 50.8 Å². The van der Waals surface area contributed by atoms with Gasteiger partial charge in [-0.1, -0.05) is 58.0 Å². The summed E-state index contributed by atoms with van der Waals surface area (Å²) in [7, 11) is -4.53. The largest absolute Gasteiger partial charge is 0.491 e. The monoisotopic (exact) mass is 582 g/mol. The lowest BCUT2D eigenvalue weighted by Crippen LogP contribution is -2.53. The molecule has 1 aliphatic rings. The molecule has 4 rings (SSSR count). The van der Waals surface area contributed by atoms with Gasteiger partial charge in [0.05, 0.1) is 12.0 Å². The number of nitrogens with zero attached hydrogens (tertiary/aromatic N) is 3. The van der Waals surface area contributed by atoms with Gasteiger partial charge < -0.3 is 18.9 Å². The van der Waals surface area contributed by atoms with Crippen LogP contribution < -0.4 is 18.5 Å². The van der Waals surface area contributed by atoms with Crippen LogP contribution in [0.4, 0.5) is 5.95 Å². The molecule has 2 N–H and O–H groups in total. The predicted octanol–water partition coefficient (Wildman–Crippen LogP) is 4.07. The lowest BCUT2D eigenvalue weighted by atomic mass is 9.72. The molecule has 1 fully saturated rings. The summed E-state index contributed by atoms with van der Waals surface area (Å²) in [5.74, 6) is 0.605. The number of rotatable bonds is 11. The van der Waals surface area contributed by atoms with Crippen molar-refractivity contribution in [3.63, 3.8) is 0 Å². The molecule has 0 aliphatic carbocycles. The summed E-state index contributed by atoms with van der Waals surface area (Å²) in [6.07, 6.45) is 3.91. The molecule has 1 saturated heterocycles. The van der Waals surface area contributed by atoms with Crippen LogP contribution in [0.1, 0.15) is 69.1 Å². The molecule has 1 aromatic heterocycles. The highest BCUT2D eigenvalue weighted by Gasteiger charge is 2.45. The van der Waals surface area contributed by atoms with Crippen molar-refractivity contribution in [2.75, 3.05) is 31.2 Å². The molecule has 3 aromatic rings. The maximum Gasteiger partial charge on any atom is 0.409 e. The second kappa shape index (κ2) is 12.9. The number of aliphatic hydroxyl groups excluding tert-OH is 1. The van der Waals surface area contributed by atoms with Gasteiger partial charge in [-0.3, -0.25) is 4.79 Å². The number of anilines is 1. The first-order valence-electron chi connectivity index (χ1n) is 13.8. The van der Waals surface area contributed by atoms with E-state index >= 15 is 0 Å². The highest BCUT2D eigenvalue weighted by atomic mass is 32.2. The average Bonchev–Trinajstić information content (AvgIpc) is 2.96. The SMILES string of the molecule is CC(C)c1cccc(C(C)C)c1OS(=O)(=O)NC(=O)C1(c2cccc(OCCO)c2)CCN(c2ncccn2)CC1. The highest BCUT2D eigenvalue weighted by molar-refractivity contribution is 7.85. The van der Waals surface area contributed by atoms with Gasteiger partial charge >= 0.3 is 10.3 Å². The minimum absolute atomic E-state index is 0.00661. The Morgan fingerprint density at radius 1 is 1.00 bits per heavy atom. The van der Waals surface area contributed by atoms with Gasteiger partial charge in [-0.05, 0) is 59.6 Å². The number of aromatic nitrogens is 2. The van der Waals surface area contributed by atoms with E-state index in [-0.39, 0.29) is 30.8 Å². The summed E-state index contributed by atoms with van der Waals surface area (Å²) in [6.45, 7) is 8.63. The van der Waals surface area contributed by atoms with Crippen LogP contribution >= 0.6 is 0 Å². The predicted molar refractivity (Wildman–Crippen MR) is 156 cm³/mol. The Kier molecular flexibility index (Phi) is 9.49. The lowest BCUT2D eigenvalue weighted by molar-refractivity contribution is -0.125. The third kappa shape index (κ3) is 6.97. The summed E-state index contributed by atoms with van der Waals surface area (Å²) in [5.41, 5.74) is 0.903. The molecule has 2 heterocycles. The van der Waals surface area contributed by atoms with Gasteiger partial charge in [0.15, 0.2) is 5.75 Å². The Morgan fingerprint density at radius 3 is 2.20 bits per heavy atom. The maximum absolute atomic E-state index is 14.0. The van der Waals surface area contributed by atoms with Crippen LogP contribution in [0.3, 0.4) is 0 Å². The van der Waals surface area contributed by atoms with Crippen molar-refractivity contribution in [1.29, 1.82) is 0 Å². The minimum Gasteiger partial charge on any atom is -0.491 e. The van der Waals surface area contributed by atoms with Crippen LogP contribution in [0.15, 0.2) is 60.9 Å². The molecule has 0 radical (unpaired) electrons. The third-order valence-electron chi connectivity index (χ3n) is 7.36. The number of amides is 1. The number of aliphatic hydroxyl groups is 1. The Bertz CT molecular complexity index is 1410. The first-order chi connectivity index (χ1) is 19.6. The molecule has 0 bridgehead atoms. The summed E-state index contributed by atoms with van der Waals surface area (Å²) in [5, 5.41) is 9.19. The highest BCUT2D eigenvalue weighted by Crippen LogP contribution is 2.39. The lowest BCUT2D eigenvalue weighted by Gasteiger charge is -2.40. The summed E-state index contributed by atoms with van der Waals surface area (Å²) in [4.78, 5) is 24.6. The van der Waals surface area contributed by atoms with Gasteiger partial charge in [0, 0.05) is 25.5 Å². The zero-order valence-corrected chi connectivity index (χ0v) is 24.7. The van der Waals surface area contributed by atoms with Crippen molar-refractivity contribution < 1.29 is 27.2 Å². The number of carbonyl (C=O) groups is 1. The molecule has 10 nitrogen and oxygen atoms in total. The molecular formula is C30H38N4O6S. The summed E-state index contributed by atoms with van der Waals surface area (Å²) in [6, 6.07) is 14.3. The van der Waals surface area contributed by atoms with Crippen LogP contribution in [-0.4, -0.2) is 55.7 Å². The van der Waals surface area contributed by atoms with E-state index in [1.165, 1.54) is 0 Å². The smallest absolute Gasteiger partial charge is 0.409 e. The number of hydrogen-bond donors (Lipinski definition) is 2. The molecule has 0 spiro atoms. The van der Waals surface area contributed by atoms with E-state index in [0.29, 0.717) is 43.2 Å². The number of carbonyl (C=O) groups excluding carboxylic acids is 1. The zero-order valence-electron chi connectivity index (χ0n) is 23.9. The Balaban J connectivity index is 1.66. The van der Waals surface area contributed by atoms with Gasteiger partial charge in [-0.25, -0.2) is 14.7 Å². The van der Waals surface area contributed by atoms with E-state index in [0.717, 1.165) is 11.1 Å². The van der Waals surface area contributed by atoms with Crippen LogP contribution in [0, 0.1) is 0 Å². The van der Waals surface area contributed by atoms with E-state index < -0.39 is 21.6 Å². The van der Waals surface area contributed by atoms with Crippen LogP contribution in [-0.2, 0) is 20.5 Å². The molecule has 1 amide bonds. The van der Waals surface area contributed by atoms with Gasteiger partial charge in [0.25, 0.3) is 0 Å². The van der Waals surface area contributed by atoms with Crippen molar-refractivity contribution in [2.24, 2.45) is 0 Å². The summed E-state index contributed by atoms with van der Waals surface area (Å²) < 4.78 is 40.4. The fourth-order valence-corrected chi connectivity index (χ4v) is 6.03. The van der Waals surface area contributed by atoms with Crippen molar-refractivity contribution in [2.45, 2.75) is 57.8 Å². The quantitative estimate of drug-likeness (QED) is 0.343. The van der Waals surface area contributed by atoms with Crippen LogP contribution in [0.2, 0.25) is 0 Å².